The molecular formula is C17H23NS2. The molecule has 1 N–H and O–H groups in total. The summed E-state index contributed by atoms with van der Waals surface area (Å²) in [6.45, 7) is 6.52. The number of benzene rings is 1. The minimum Gasteiger partial charge on any atom is -0.312 e. The first-order valence-electron chi connectivity index (χ1n) is 7.19. The Hall–Kier alpha value is -0.770. The van der Waals surface area contributed by atoms with Gasteiger partial charge in [0.15, 0.2) is 0 Å². The Morgan fingerprint density at radius 3 is 2.60 bits per heavy atom. The van der Waals surface area contributed by atoms with Gasteiger partial charge in [0, 0.05) is 22.1 Å². The fourth-order valence-electron chi connectivity index (χ4n) is 1.93. The predicted molar refractivity (Wildman–Crippen MR) is 91.7 cm³/mol. The van der Waals surface area contributed by atoms with Gasteiger partial charge in [-0.25, -0.2) is 0 Å². The third-order valence-corrected chi connectivity index (χ3v) is 4.95. The third kappa shape index (κ3) is 5.70. The first-order valence-corrected chi connectivity index (χ1v) is 9.05. The van der Waals surface area contributed by atoms with Crippen LogP contribution in [0.15, 0.2) is 46.7 Å². The first kappa shape index (κ1) is 15.6. The number of aryl methyl sites for hydroxylation is 1. The van der Waals surface area contributed by atoms with E-state index in [1.54, 1.807) is 0 Å². The summed E-state index contributed by atoms with van der Waals surface area (Å²) in [5.74, 6) is 1.87. The summed E-state index contributed by atoms with van der Waals surface area (Å²) in [6, 6.07) is 13.3. The molecule has 1 aromatic heterocycles. The molecule has 0 amide bonds. The maximum atomic E-state index is 3.48. The summed E-state index contributed by atoms with van der Waals surface area (Å²) in [5, 5.41) is 5.63. The predicted octanol–water partition coefficient (Wildman–Crippen LogP) is 4.83. The Balaban J connectivity index is 1.71. The van der Waals surface area contributed by atoms with E-state index in [9.17, 15) is 0 Å². The van der Waals surface area contributed by atoms with Crippen molar-refractivity contribution in [3.63, 3.8) is 0 Å². The molecule has 0 radical (unpaired) electrons. The average Bonchev–Trinajstić information content (AvgIpc) is 2.93. The fraction of sp³-hybridized carbons (Fsp3) is 0.412. The zero-order valence-corrected chi connectivity index (χ0v) is 13.9. The maximum absolute atomic E-state index is 3.48. The molecule has 0 aliphatic rings. The van der Waals surface area contributed by atoms with Crippen molar-refractivity contribution >= 4 is 23.1 Å². The number of thioether (sulfide) groups is 1. The standard InChI is InChI=1S/C17H23NS2/c1-14(2)12-18-13-15-5-7-17(8-6-15)20-11-9-16-4-3-10-19-16/h3-8,10,14,18H,9,11-13H2,1-2H3. The molecule has 0 unspecified atom stereocenters. The van der Waals surface area contributed by atoms with Gasteiger partial charge >= 0.3 is 0 Å². The van der Waals surface area contributed by atoms with Crippen molar-refractivity contribution in [1.29, 1.82) is 0 Å². The van der Waals surface area contributed by atoms with Crippen LogP contribution in [0.2, 0.25) is 0 Å². The van der Waals surface area contributed by atoms with E-state index in [0.29, 0.717) is 5.92 Å². The van der Waals surface area contributed by atoms with Gasteiger partial charge in [-0.2, -0.15) is 0 Å². The topological polar surface area (TPSA) is 12.0 Å². The molecule has 20 heavy (non-hydrogen) atoms. The zero-order chi connectivity index (χ0) is 14.2. The summed E-state index contributed by atoms with van der Waals surface area (Å²) in [6.07, 6.45) is 1.17. The zero-order valence-electron chi connectivity index (χ0n) is 12.3. The highest BCUT2D eigenvalue weighted by Gasteiger charge is 1.99. The largest absolute Gasteiger partial charge is 0.312 e. The Bertz CT molecular complexity index is 474. The molecule has 0 aliphatic heterocycles. The summed E-state index contributed by atoms with van der Waals surface area (Å²) in [5.41, 5.74) is 1.37. The van der Waals surface area contributed by atoms with Gasteiger partial charge in [0.25, 0.3) is 0 Å². The highest BCUT2D eigenvalue weighted by Crippen LogP contribution is 2.21. The van der Waals surface area contributed by atoms with E-state index in [1.165, 1.54) is 21.8 Å². The monoisotopic (exact) mass is 305 g/mol. The lowest BCUT2D eigenvalue weighted by molar-refractivity contribution is 0.552. The van der Waals surface area contributed by atoms with Gasteiger partial charge in [-0.3, -0.25) is 0 Å². The molecule has 0 saturated heterocycles. The minimum atomic E-state index is 0.710. The first-order chi connectivity index (χ1) is 9.74. The SMILES string of the molecule is CC(C)CNCc1ccc(SCCc2cccs2)cc1. The van der Waals surface area contributed by atoms with Crippen LogP contribution in [0.5, 0.6) is 0 Å². The lowest BCUT2D eigenvalue weighted by Crippen LogP contribution is -2.18. The van der Waals surface area contributed by atoms with Crippen molar-refractivity contribution in [2.24, 2.45) is 5.92 Å². The molecule has 0 bridgehead atoms. The van der Waals surface area contributed by atoms with Crippen LogP contribution in [-0.2, 0) is 13.0 Å². The number of hydrogen-bond acceptors (Lipinski definition) is 3. The third-order valence-electron chi connectivity index (χ3n) is 3.00. The van der Waals surface area contributed by atoms with Crippen LogP contribution in [0.1, 0.15) is 24.3 Å². The Kier molecular flexibility index (Phi) is 6.64. The molecule has 2 rings (SSSR count). The van der Waals surface area contributed by atoms with Gasteiger partial charge in [0.2, 0.25) is 0 Å². The molecule has 2 aromatic rings. The summed E-state index contributed by atoms with van der Waals surface area (Å²) in [7, 11) is 0. The van der Waals surface area contributed by atoms with Crippen LogP contribution in [0, 0.1) is 5.92 Å². The minimum absolute atomic E-state index is 0.710. The van der Waals surface area contributed by atoms with Gasteiger partial charge in [0.1, 0.15) is 0 Å². The lowest BCUT2D eigenvalue weighted by Gasteiger charge is -2.08. The molecule has 0 aliphatic carbocycles. The van der Waals surface area contributed by atoms with Gasteiger partial charge in [-0.1, -0.05) is 32.0 Å². The molecule has 0 saturated carbocycles. The summed E-state index contributed by atoms with van der Waals surface area (Å²) >= 11 is 3.79. The molecule has 0 fully saturated rings. The van der Waals surface area contributed by atoms with E-state index in [1.807, 2.05) is 23.1 Å². The van der Waals surface area contributed by atoms with Crippen LogP contribution in [-0.4, -0.2) is 12.3 Å². The average molecular weight is 306 g/mol. The second-order valence-corrected chi connectivity index (χ2v) is 7.55. The lowest BCUT2D eigenvalue weighted by atomic mass is 10.2. The molecule has 1 aromatic carbocycles. The molecule has 1 nitrogen and oxygen atoms in total. The van der Waals surface area contributed by atoms with Crippen LogP contribution in [0.3, 0.4) is 0 Å². The van der Waals surface area contributed by atoms with Crippen molar-refractivity contribution in [2.75, 3.05) is 12.3 Å². The number of rotatable bonds is 8. The van der Waals surface area contributed by atoms with E-state index in [-0.39, 0.29) is 0 Å². The molecule has 0 atom stereocenters. The van der Waals surface area contributed by atoms with E-state index >= 15 is 0 Å². The molecule has 0 spiro atoms. The van der Waals surface area contributed by atoms with Gasteiger partial charge < -0.3 is 5.32 Å². The molecule has 108 valence electrons. The van der Waals surface area contributed by atoms with Crippen LogP contribution in [0.4, 0.5) is 0 Å². The van der Waals surface area contributed by atoms with Crippen molar-refractivity contribution in [1.82, 2.24) is 5.32 Å². The smallest absolute Gasteiger partial charge is 0.0205 e. The van der Waals surface area contributed by atoms with E-state index in [4.69, 9.17) is 0 Å². The summed E-state index contributed by atoms with van der Waals surface area (Å²) < 4.78 is 0. The summed E-state index contributed by atoms with van der Waals surface area (Å²) in [4.78, 5) is 2.85. The van der Waals surface area contributed by atoms with Crippen LogP contribution in [0.25, 0.3) is 0 Å². The van der Waals surface area contributed by atoms with Gasteiger partial charge in [-0.05, 0) is 48.0 Å². The van der Waals surface area contributed by atoms with E-state index in [2.05, 4.69) is 60.9 Å². The van der Waals surface area contributed by atoms with Gasteiger partial charge in [0.05, 0.1) is 0 Å². The fourth-order valence-corrected chi connectivity index (χ4v) is 3.66. The van der Waals surface area contributed by atoms with E-state index < -0.39 is 0 Å². The van der Waals surface area contributed by atoms with Crippen molar-refractivity contribution in [2.45, 2.75) is 31.7 Å². The Morgan fingerprint density at radius 1 is 1.15 bits per heavy atom. The number of hydrogen-bond donors (Lipinski definition) is 1. The quantitative estimate of drug-likeness (QED) is 0.701. The maximum Gasteiger partial charge on any atom is 0.0205 e. The number of nitrogens with one attached hydrogen (secondary N) is 1. The van der Waals surface area contributed by atoms with Crippen molar-refractivity contribution in [3.05, 3.63) is 52.2 Å². The number of thiophene rings is 1. The van der Waals surface area contributed by atoms with Crippen LogP contribution >= 0.6 is 23.1 Å². The van der Waals surface area contributed by atoms with Crippen molar-refractivity contribution < 1.29 is 0 Å². The molecule has 3 heteroatoms. The van der Waals surface area contributed by atoms with E-state index in [0.717, 1.165) is 18.8 Å². The molecular weight excluding hydrogens is 282 g/mol. The van der Waals surface area contributed by atoms with Crippen LogP contribution < -0.4 is 5.32 Å². The highest BCUT2D eigenvalue weighted by atomic mass is 32.2. The second kappa shape index (κ2) is 8.50. The van der Waals surface area contributed by atoms with Gasteiger partial charge in [-0.15, -0.1) is 23.1 Å². The Labute approximate surface area is 130 Å². The molecule has 1 heterocycles. The second-order valence-electron chi connectivity index (χ2n) is 5.35. The van der Waals surface area contributed by atoms with Crippen molar-refractivity contribution in [3.8, 4) is 0 Å². The normalized spacial score (nSPS) is 11.2. The Morgan fingerprint density at radius 2 is 1.95 bits per heavy atom. The highest BCUT2D eigenvalue weighted by molar-refractivity contribution is 7.99.